The summed E-state index contributed by atoms with van der Waals surface area (Å²) in [6.45, 7) is 4.32. The maximum absolute atomic E-state index is 13.6. The van der Waals surface area contributed by atoms with Gasteiger partial charge >= 0.3 is 0 Å². The molecule has 0 saturated carbocycles. The van der Waals surface area contributed by atoms with Crippen molar-refractivity contribution in [1.29, 1.82) is 0 Å². The smallest absolute Gasteiger partial charge is 0.232 e. The lowest BCUT2D eigenvalue weighted by molar-refractivity contribution is 0.279. The van der Waals surface area contributed by atoms with Crippen molar-refractivity contribution in [3.05, 3.63) is 83.4 Å². The Bertz CT molecular complexity index is 1250. The predicted molar refractivity (Wildman–Crippen MR) is 129 cm³/mol. The first-order chi connectivity index (χ1) is 16.4. The quantitative estimate of drug-likeness (QED) is 0.399. The Morgan fingerprint density at radius 3 is 2.29 bits per heavy atom. The van der Waals surface area contributed by atoms with E-state index >= 15 is 0 Å². The van der Waals surface area contributed by atoms with Crippen LogP contribution >= 0.6 is 0 Å². The van der Waals surface area contributed by atoms with Crippen molar-refractivity contribution in [2.75, 3.05) is 12.0 Å². The molecule has 0 fully saturated rings. The van der Waals surface area contributed by atoms with Crippen LogP contribution in [0.3, 0.4) is 0 Å². The van der Waals surface area contributed by atoms with Crippen molar-refractivity contribution in [3.8, 4) is 17.0 Å². The standard InChI is InChI=1S/C26H28FN5O2/c1-17(2)24-22(16-33)25(19-7-9-20(27)10-8-19)30-26(29-24)32(23-13-14-28-31(23)3)15-18-5-11-21(34-4)12-6-18/h5-14,17,33H,15-16H2,1-4H3. The Morgan fingerprint density at radius 1 is 1.03 bits per heavy atom. The van der Waals surface area contributed by atoms with Crippen LogP contribution in [-0.2, 0) is 20.2 Å². The summed E-state index contributed by atoms with van der Waals surface area (Å²) in [5, 5.41) is 14.5. The van der Waals surface area contributed by atoms with Gasteiger partial charge in [0.25, 0.3) is 0 Å². The van der Waals surface area contributed by atoms with E-state index in [1.54, 1.807) is 30.1 Å². The average molecular weight is 462 g/mol. The van der Waals surface area contributed by atoms with Gasteiger partial charge < -0.3 is 9.84 Å². The number of aryl methyl sites for hydroxylation is 1. The minimum Gasteiger partial charge on any atom is -0.497 e. The van der Waals surface area contributed by atoms with Crippen LogP contribution in [-0.4, -0.2) is 32.0 Å². The molecule has 176 valence electrons. The molecule has 4 aromatic rings. The second-order valence-corrected chi connectivity index (χ2v) is 8.30. The number of halogens is 1. The molecule has 2 aromatic carbocycles. The van der Waals surface area contributed by atoms with Crippen LogP contribution in [0.25, 0.3) is 11.3 Å². The van der Waals surface area contributed by atoms with Gasteiger partial charge in [-0.1, -0.05) is 26.0 Å². The molecule has 0 unspecified atom stereocenters. The molecule has 0 amide bonds. The molecule has 2 heterocycles. The van der Waals surface area contributed by atoms with Crippen LogP contribution < -0.4 is 9.64 Å². The Morgan fingerprint density at radius 2 is 1.74 bits per heavy atom. The molecule has 8 heteroatoms. The van der Waals surface area contributed by atoms with Crippen LogP contribution in [0.15, 0.2) is 60.8 Å². The third kappa shape index (κ3) is 4.77. The van der Waals surface area contributed by atoms with Crippen LogP contribution in [0.5, 0.6) is 5.75 Å². The summed E-state index contributed by atoms with van der Waals surface area (Å²) in [7, 11) is 3.50. The SMILES string of the molecule is COc1ccc(CN(c2nc(-c3ccc(F)cc3)c(CO)c(C(C)C)n2)c2ccnn2C)cc1. The largest absolute Gasteiger partial charge is 0.497 e. The number of aliphatic hydroxyl groups excluding tert-OH is 1. The number of hydrogen-bond acceptors (Lipinski definition) is 6. The lowest BCUT2D eigenvalue weighted by Crippen LogP contribution is -2.23. The van der Waals surface area contributed by atoms with E-state index in [-0.39, 0.29) is 18.3 Å². The van der Waals surface area contributed by atoms with Gasteiger partial charge in [-0.25, -0.2) is 14.4 Å². The second-order valence-electron chi connectivity index (χ2n) is 8.30. The highest BCUT2D eigenvalue weighted by atomic mass is 19.1. The van der Waals surface area contributed by atoms with E-state index in [4.69, 9.17) is 14.7 Å². The number of benzene rings is 2. The van der Waals surface area contributed by atoms with E-state index in [1.165, 1.54) is 12.1 Å². The number of aliphatic hydroxyl groups is 1. The van der Waals surface area contributed by atoms with E-state index in [2.05, 4.69) is 5.10 Å². The van der Waals surface area contributed by atoms with E-state index in [0.717, 1.165) is 22.8 Å². The maximum Gasteiger partial charge on any atom is 0.232 e. The third-order valence-corrected chi connectivity index (χ3v) is 5.66. The van der Waals surface area contributed by atoms with Gasteiger partial charge in [0.2, 0.25) is 5.95 Å². The first-order valence-electron chi connectivity index (χ1n) is 11.1. The number of ether oxygens (including phenoxy) is 1. The lowest BCUT2D eigenvalue weighted by Gasteiger charge is -2.25. The molecule has 0 aliphatic heterocycles. The minimum atomic E-state index is -0.330. The highest BCUT2D eigenvalue weighted by Crippen LogP contribution is 2.33. The van der Waals surface area contributed by atoms with Crippen molar-refractivity contribution in [1.82, 2.24) is 19.7 Å². The number of anilines is 2. The molecule has 2 aromatic heterocycles. The van der Waals surface area contributed by atoms with Gasteiger partial charge in [-0.3, -0.25) is 9.58 Å². The van der Waals surface area contributed by atoms with Crippen LogP contribution in [0.4, 0.5) is 16.2 Å². The van der Waals surface area contributed by atoms with Crippen molar-refractivity contribution in [2.45, 2.75) is 32.9 Å². The van der Waals surface area contributed by atoms with E-state index in [0.29, 0.717) is 29.3 Å². The summed E-state index contributed by atoms with van der Waals surface area (Å²) in [4.78, 5) is 11.8. The number of hydrogen-bond donors (Lipinski definition) is 1. The fourth-order valence-corrected chi connectivity index (χ4v) is 3.89. The molecule has 0 bridgehead atoms. The highest BCUT2D eigenvalue weighted by Gasteiger charge is 2.23. The van der Waals surface area contributed by atoms with Crippen molar-refractivity contribution in [3.63, 3.8) is 0 Å². The molecule has 0 atom stereocenters. The average Bonchev–Trinajstić information content (AvgIpc) is 3.28. The van der Waals surface area contributed by atoms with Gasteiger partial charge in [0.05, 0.1) is 37.8 Å². The maximum atomic E-state index is 13.6. The molecule has 0 aliphatic carbocycles. The Kier molecular flexibility index (Phi) is 6.88. The summed E-state index contributed by atoms with van der Waals surface area (Å²) in [5.41, 5.74) is 3.71. The number of aromatic nitrogens is 4. The molecule has 1 N–H and O–H groups in total. The van der Waals surface area contributed by atoms with Crippen molar-refractivity contribution >= 4 is 11.8 Å². The molecule has 0 radical (unpaired) electrons. The van der Waals surface area contributed by atoms with Gasteiger partial charge in [-0.05, 0) is 47.9 Å². The summed E-state index contributed by atoms with van der Waals surface area (Å²) >= 11 is 0. The highest BCUT2D eigenvalue weighted by molar-refractivity contribution is 5.67. The molecule has 7 nitrogen and oxygen atoms in total. The molecule has 0 saturated heterocycles. The molecule has 4 rings (SSSR count). The molecular weight excluding hydrogens is 433 g/mol. The Labute approximate surface area is 198 Å². The monoisotopic (exact) mass is 461 g/mol. The zero-order valence-corrected chi connectivity index (χ0v) is 19.7. The summed E-state index contributed by atoms with van der Waals surface area (Å²) in [6, 6.07) is 15.8. The van der Waals surface area contributed by atoms with Gasteiger partial charge in [-0.15, -0.1) is 0 Å². The van der Waals surface area contributed by atoms with Gasteiger partial charge in [-0.2, -0.15) is 5.10 Å². The first kappa shape index (κ1) is 23.4. The number of methoxy groups -OCH3 is 1. The minimum absolute atomic E-state index is 0.0393. The van der Waals surface area contributed by atoms with Crippen molar-refractivity contribution < 1.29 is 14.2 Å². The fourth-order valence-electron chi connectivity index (χ4n) is 3.89. The molecular formula is C26H28FN5O2. The summed E-state index contributed by atoms with van der Waals surface area (Å²) in [6.07, 6.45) is 1.72. The molecule has 34 heavy (non-hydrogen) atoms. The van der Waals surface area contributed by atoms with Gasteiger partial charge in [0, 0.05) is 24.2 Å². The van der Waals surface area contributed by atoms with Crippen LogP contribution in [0.2, 0.25) is 0 Å². The molecule has 0 aliphatic rings. The van der Waals surface area contributed by atoms with E-state index in [1.807, 2.05) is 56.1 Å². The first-order valence-corrected chi connectivity index (χ1v) is 11.1. The molecule has 0 spiro atoms. The fraction of sp³-hybridized carbons (Fsp3) is 0.269. The van der Waals surface area contributed by atoms with Gasteiger partial charge in [0.1, 0.15) is 17.4 Å². The number of nitrogens with zero attached hydrogens (tertiary/aromatic N) is 5. The summed E-state index contributed by atoms with van der Waals surface area (Å²) in [5.74, 6) is 1.77. The second kappa shape index (κ2) is 10.0. The zero-order valence-electron chi connectivity index (χ0n) is 19.7. The van der Waals surface area contributed by atoms with Crippen LogP contribution in [0.1, 0.15) is 36.6 Å². The van der Waals surface area contributed by atoms with Crippen molar-refractivity contribution in [2.24, 2.45) is 7.05 Å². The topological polar surface area (TPSA) is 76.3 Å². The third-order valence-electron chi connectivity index (χ3n) is 5.66. The van der Waals surface area contributed by atoms with E-state index in [9.17, 15) is 9.50 Å². The predicted octanol–water partition coefficient (Wildman–Crippen LogP) is 4.98. The Balaban J connectivity index is 1.89. The van der Waals surface area contributed by atoms with Crippen LogP contribution in [0, 0.1) is 5.82 Å². The Hall–Kier alpha value is -3.78. The van der Waals surface area contributed by atoms with Gasteiger partial charge in [0.15, 0.2) is 0 Å². The lowest BCUT2D eigenvalue weighted by atomic mass is 9.99. The zero-order chi connectivity index (χ0) is 24.2. The normalized spacial score (nSPS) is 11.1. The summed E-state index contributed by atoms with van der Waals surface area (Å²) < 4.78 is 20.7. The van der Waals surface area contributed by atoms with E-state index < -0.39 is 0 Å². The number of rotatable bonds is 8.